The Morgan fingerprint density at radius 2 is 2.00 bits per heavy atom. The molecule has 0 aliphatic heterocycles. The van der Waals surface area contributed by atoms with E-state index in [1.165, 1.54) is 23.1 Å². The SMILES string of the molecule is Cc1ccc(OCC(O)C(C)NC(C)I)c2c1CCC2. The van der Waals surface area contributed by atoms with E-state index in [1.54, 1.807) is 0 Å². The van der Waals surface area contributed by atoms with Crippen molar-refractivity contribution >= 4 is 22.6 Å². The highest BCUT2D eigenvalue weighted by molar-refractivity contribution is 14.1. The zero-order chi connectivity index (χ0) is 14.7. The number of ether oxygens (including phenoxy) is 1. The first-order valence-electron chi connectivity index (χ1n) is 7.31. The highest BCUT2D eigenvalue weighted by Gasteiger charge is 2.20. The standard InChI is InChI=1S/C16H24INO2/c1-10-7-8-16(14-6-4-5-13(10)14)20-9-15(19)11(2)18-12(3)17/h7-8,11-12,15,18-19H,4-6,9H2,1-3H3. The fourth-order valence-electron chi connectivity index (χ4n) is 2.78. The molecule has 0 spiro atoms. The van der Waals surface area contributed by atoms with E-state index in [1.807, 2.05) is 13.0 Å². The summed E-state index contributed by atoms with van der Waals surface area (Å²) in [6.07, 6.45) is 2.97. The van der Waals surface area contributed by atoms with Gasteiger partial charge in [-0.1, -0.05) is 28.7 Å². The Kier molecular flexibility index (Phi) is 5.69. The molecule has 0 saturated heterocycles. The molecule has 3 unspecified atom stereocenters. The molecule has 1 aromatic rings. The molecule has 3 nitrogen and oxygen atoms in total. The molecule has 0 fully saturated rings. The summed E-state index contributed by atoms with van der Waals surface area (Å²) < 4.78 is 6.21. The minimum absolute atomic E-state index is 0.0281. The van der Waals surface area contributed by atoms with Crippen molar-refractivity contribution in [3.63, 3.8) is 0 Å². The molecule has 1 aromatic carbocycles. The monoisotopic (exact) mass is 389 g/mol. The van der Waals surface area contributed by atoms with Crippen molar-refractivity contribution in [2.45, 2.75) is 56.2 Å². The van der Waals surface area contributed by atoms with Gasteiger partial charge < -0.3 is 15.2 Å². The molecule has 0 amide bonds. The van der Waals surface area contributed by atoms with Gasteiger partial charge in [-0.05, 0) is 62.8 Å². The van der Waals surface area contributed by atoms with Crippen LogP contribution in [0.3, 0.4) is 0 Å². The fourth-order valence-corrected chi connectivity index (χ4v) is 3.35. The summed E-state index contributed by atoms with van der Waals surface area (Å²) in [4.78, 5) is 0. The number of halogens is 1. The van der Waals surface area contributed by atoms with E-state index in [0.29, 0.717) is 10.7 Å². The van der Waals surface area contributed by atoms with Crippen LogP contribution in [0.1, 0.15) is 37.0 Å². The van der Waals surface area contributed by atoms with Crippen LogP contribution in [0.5, 0.6) is 5.75 Å². The lowest BCUT2D eigenvalue weighted by Gasteiger charge is -2.22. The highest BCUT2D eigenvalue weighted by Crippen LogP contribution is 2.33. The summed E-state index contributed by atoms with van der Waals surface area (Å²) in [5.74, 6) is 0.955. The fraction of sp³-hybridized carbons (Fsp3) is 0.625. The minimum atomic E-state index is -0.495. The maximum atomic E-state index is 10.1. The number of aliphatic hydroxyl groups is 1. The first-order valence-corrected chi connectivity index (χ1v) is 8.56. The Labute approximate surface area is 135 Å². The van der Waals surface area contributed by atoms with Crippen LogP contribution in [-0.4, -0.2) is 27.9 Å². The molecule has 1 aliphatic carbocycles. The highest BCUT2D eigenvalue weighted by atomic mass is 127. The Hall–Kier alpha value is -0.330. The summed E-state index contributed by atoms with van der Waals surface area (Å²) in [5.41, 5.74) is 4.16. The van der Waals surface area contributed by atoms with Crippen LogP contribution in [0.2, 0.25) is 0 Å². The quantitative estimate of drug-likeness (QED) is 0.447. The third-order valence-corrected chi connectivity index (χ3v) is 4.31. The number of aliphatic hydroxyl groups excluding tert-OH is 1. The molecule has 0 radical (unpaired) electrons. The normalized spacial score (nSPS) is 18.4. The second-order valence-electron chi connectivity index (χ2n) is 5.64. The van der Waals surface area contributed by atoms with Gasteiger partial charge in [-0.25, -0.2) is 0 Å². The van der Waals surface area contributed by atoms with E-state index < -0.39 is 6.10 Å². The van der Waals surface area contributed by atoms with E-state index in [4.69, 9.17) is 4.74 Å². The van der Waals surface area contributed by atoms with Crippen LogP contribution in [0, 0.1) is 6.92 Å². The zero-order valence-corrected chi connectivity index (χ0v) is 14.6. The van der Waals surface area contributed by atoms with Crippen molar-refractivity contribution in [2.75, 3.05) is 6.61 Å². The smallest absolute Gasteiger partial charge is 0.122 e. The summed E-state index contributed by atoms with van der Waals surface area (Å²) >= 11 is 2.30. The predicted octanol–water partition coefficient (Wildman–Crippen LogP) is 2.98. The number of aryl methyl sites for hydroxylation is 1. The van der Waals surface area contributed by atoms with Gasteiger partial charge in [0.15, 0.2) is 0 Å². The number of nitrogens with one attached hydrogen (secondary N) is 1. The van der Waals surface area contributed by atoms with Gasteiger partial charge in [0.25, 0.3) is 0 Å². The van der Waals surface area contributed by atoms with Crippen LogP contribution in [0.15, 0.2) is 12.1 Å². The molecule has 0 aromatic heterocycles. The van der Waals surface area contributed by atoms with Gasteiger partial charge in [-0.15, -0.1) is 0 Å². The van der Waals surface area contributed by atoms with Crippen molar-refractivity contribution < 1.29 is 9.84 Å². The molecule has 112 valence electrons. The predicted molar refractivity (Wildman–Crippen MR) is 90.8 cm³/mol. The molecule has 0 heterocycles. The Bertz CT molecular complexity index is 462. The van der Waals surface area contributed by atoms with Gasteiger partial charge in [-0.3, -0.25) is 0 Å². The van der Waals surface area contributed by atoms with Crippen LogP contribution in [0.4, 0.5) is 0 Å². The lowest BCUT2D eigenvalue weighted by Crippen LogP contribution is -2.42. The van der Waals surface area contributed by atoms with Crippen LogP contribution < -0.4 is 10.1 Å². The average Bonchev–Trinajstić information content (AvgIpc) is 2.87. The maximum Gasteiger partial charge on any atom is 0.122 e. The Morgan fingerprint density at radius 1 is 1.30 bits per heavy atom. The molecule has 2 rings (SSSR count). The second-order valence-corrected chi connectivity index (χ2v) is 7.51. The first-order chi connectivity index (χ1) is 9.49. The average molecular weight is 389 g/mol. The van der Waals surface area contributed by atoms with Crippen LogP contribution >= 0.6 is 22.6 Å². The number of alkyl halides is 1. The Balaban J connectivity index is 1.96. The summed E-state index contributed by atoms with van der Waals surface area (Å²) in [5, 5.41) is 13.4. The molecule has 1 aliphatic rings. The first kappa shape index (κ1) is 16.0. The van der Waals surface area contributed by atoms with Crippen molar-refractivity contribution in [1.29, 1.82) is 0 Å². The molecule has 2 N–H and O–H groups in total. The molecule has 0 bridgehead atoms. The van der Waals surface area contributed by atoms with Crippen molar-refractivity contribution in [3.05, 3.63) is 28.8 Å². The van der Waals surface area contributed by atoms with E-state index in [0.717, 1.165) is 18.6 Å². The molecule has 3 atom stereocenters. The summed E-state index contributed by atoms with van der Waals surface area (Å²) in [6.45, 7) is 6.56. The Morgan fingerprint density at radius 3 is 2.70 bits per heavy atom. The number of rotatable bonds is 6. The molecular formula is C16H24INO2. The minimum Gasteiger partial charge on any atom is -0.491 e. The van der Waals surface area contributed by atoms with E-state index in [9.17, 15) is 5.11 Å². The largest absolute Gasteiger partial charge is 0.491 e. The number of benzene rings is 1. The maximum absolute atomic E-state index is 10.1. The van der Waals surface area contributed by atoms with Gasteiger partial charge in [0.2, 0.25) is 0 Å². The van der Waals surface area contributed by atoms with Crippen molar-refractivity contribution in [1.82, 2.24) is 5.32 Å². The van der Waals surface area contributed by atoms with Gasteiger partial charge in [0.05, 0.1) is 4.05 Å². The lowest BCUT2D eigenvalue weighted by atomic mass is 10.0. The number of hydrogen-bond acceptors (Lipinski definition) is 3. The summed E-state index contributed by atoms with van der Waals surface area (Å²) in [7, 11) is 0. The van der Waals surface area contributed by atoms with Crippen LogP contribution in [-0.2, 0) is 12.8 Å². The van der Waals surface area contributed by atoms with E-state index in [2.05, 4.69) is 47.8 Å². The van der Waals surface area contributed by atoms with Gasteiger partial charge in [-0.2, -0.15) is 0 Å². The van der Waals surface area contributed by atoms with Crippen molar-refractivity contribution in [2.24, 2.45) is 0 Å². The van der Waals surface area contributed by atoms with Crippen molar-refractivity contribution in [3.8, 4) is 5.75 Å². The third-order valence-electron chi connectivity index (χ3n) is 3.96. The molecular weight excluding hydrogens is 365 g/mol. The topological polar surface area (TPSA) is 41.5 Å². The number of fused-ring (bicyclic) bond motifs is 1. The third kappa shape index (κ3) is 3.86. The second kappa shape index (κ2) is 7.09. The van der Waals surface area contributed by atoms with Crippen LogP contribution in [0.25, 0.3) is 0 Å². The van der Waals surface area contributed by atoms with Gasteiger partial charge in [0, 0.05) is 6.04 Å². The van der Waals surface area contributed by atoms with Gasteiger partial charge in [0.1, 0.15) is 18.5 Å². The zero-order valence-electron chi connectivity index (χ0n) is 12.4. The summed E-state index contributed by atoms with van der Waals surface area (Å²) in [6, 6.07) is 4.20. The molecule has 20 heavy (non-hydrogen) atoms. The van der Waals surface area contributed by atoms with Gasteiger partial charge >= 0.3 is 0 Å². The van der Waals surface area contributed by atoms with E-state index >= 15 is 0 Å². The molecule has 4 heteroatoms. The van der Waals surface area contributed by atoms with E-state index in [-0.39, 0.29) is 6.04 Å². The number of hydrogen-bond donors (Lipinski definition) is 2. The lowest BCUT2D eigenvalue weighted by molar-refractivity contribution is 0.0783. The molecule has 0 saturated carbocycles.